The van der Waals surface area contributed by atoms with Crippen molar-refractivity contribution in [3.8, 4) is 5.75 Å². The van der Waals surface area contributed by atoms with E-state index in [0.717, 1.165) is 17.1 Å². The fourth-order valence-corrected chi connectivity index (χ4v) is 1.49. The fraction of sp³-hybridized carbons (Fsp3) is 0.250. The highest BCUT2D eigenvalue weighted by molar-refractivity contribution is 5.39. The number of rotatable bonds is 3. The highest BCUT2D eigenvalue weighted by Crippen LogP contribution is 2.17. The van der Waals surface area contributed by atoms with Gasteiger partial charge in [-0.05, 0) is 13.0 Å². The van der Waals surface area contributed by atoms with Gasteiger partial charge in [0, 0.05) is 30.9 Å². The van der Waals surface area contributed by atoms with Crippen molar-refractivity contribution in [3.63, 3.8) is 0 Å². The lowest BCUT2D eigenvalue weighted by Crippen LogP contribution is -2.01. The van der Waals surface area contributed by atoms with Gasteiger partial charge in [0.05, 0.1) is 0 Å². The number of aryl methyl sites for hydroxylation is 2. The minimum atomic E-state index is 0.308. The number of aromatic hydroxyl groups is 1. The third kappa shape index (κ3) is 2.16. The SMILES string of the molecule is Cc1cc(NCc2ccccc2O)nn1C. The molecule has 4 heteroatoms. The molecule has 0 unspecified atom stereocenters. The van der Waals surface area contributed by atoms with E-state index in [1.807, 2.05) is 42.9 Å². The summed E-state index contributed by atoms with van der Waals surface area (Å²) in [4.78, 5) is 0. The first-order chi connectivity index (χ1) is 7.66. The summed E-state index contributed by atoms with van der Waals surface area (Å²) < 4.78 is 1.81. The quantitative estimate of drug-likeness (QED) is 0.827. The standard InChI is InChI=1S/C12H15N3O/c1-9-7-12(14-15(9)2)13-8-10-5-3-4-6-11(10)16/h3-7,16H,8H2,1-2H3,(H,13,14). The van der Waals surface area contributed by atoms with Gasteiger partial charge in [-0.3, -0.25) is 4.68 Å². The second-order valence-corrected chi connectivity index (χ2v) is 3.78. The molecule has 4 nitrogen and oxygen atoms in total. The summed E-state index contributed by atoms with van der Waals surface area (Å²) in [6.07, 6.45) is 0. The number of hydrogen-bond acceptors (Lipinski definition) is 3. The number of phenolic OH excluding ortho intramolecular Hbond substituents is 1. The summed E-state index contributed by atoms with van der Waals surface area (Å²) in [5, 5.41) is 17.0. The number of hydrogen-bond donors (Lipinski definition) is 2. The molecule has 0 aliphatic heterocycles. The van der Waals surface area contributed by atoms with Crippen molar-refractivity contribution in [3.05, 3.63) is 41.6 Å². The number of nitrogens with one attached hydrogen (secondary N) is 1. The molecule has 16 heavy (non-hydrogen) atoms. The van der Waals surface area contributed by atoms with Crippen LogP contribution in [0.2, 0.25) is 0 Å². The monoisotopic (exact) mass is 217 g/mol. The molecule has 0 fully saturated rings. The van der Waals surface area contributed by atoms with Gasteiger partial charge in [-0.1, -0.05) is 18.2 Å². The van der Waals surface area contributed by atoms with E-state index < -0.39 is 0 Å². The smallest absolute Gasteiger partial charge is 0.148 e. The van der Waals surface area contributed by atoms with E-state index in [0.29, 0.717) is 12.3 Å². The summed E-state index contributed by atoms with van der Waals surface area (Å²) in [7, 11) is 1.90. The second kappa shape index (κ2) is 4.26. The molecule has 0 radical (unpaired) electrons. The number of anilines is 1. The van der Waals surface area contributed by atoms with Gasteiger partial charge >= 0.3 is 0 Å². The predicted octanol–water partition coefficient (Wildman–Crippen LogP) is 2.05. The van der Waals surface area contributed by atoms with Gasteiger partial charge < -0.3 is 10.4 Å². The van der Waals surface area contributed by atoms with Crippen molar-refractivity contribution < 1.29 is 5.11 Å². The van der Waals surface area contributed by atoms with Crippen LogP contribution in [0.5, 0.6) is 5.75 Å². The van der Waals surface area contributed by atoms with Gasteiger partial charge in [-0.15, -0.1) is 0 Å². The Morgan fingerprint density at radius 2 is 2.12 bits per heavy atom. The third-order valence-electron chi connectivity index (χ3n) is 2.57. The van der Waals surface area contributed by atoms with Crippen molar-refractivity contribution >= 4 is 5.82 Å². The number of para-hydroxylation sites is 1. The Morgan fingerprint density at radius 3 is 2.75 bits per heavy atom. The van der Waals surface area contributed by atoms with Crippen LogP contribution >= 0.6 is 0 Å². The Kier molecular flexibility index (Phi) is 2.81. The van der Waals surface area contributed by atoms with E-state index in [4.69, 9.17) is 0 Å². The first kappa shape index (κ1) is 10.5. The molecule has 0 saturated heterocycles. The Balaban J connectivity index is 2.05. The van der Waals surface area contributed by atoms with Gasteiger partial charge in [0.1, 0.15) is 11.6 Å². The maximum Gasteiger partial charge on any atom is 0.148 e. The Morgan fingerprint density at radius 1 is 1.38 bits per heavy atom. The van der Waals surface area contributed by atoms with E-state index in [9.17, 15) is 5.11 Å². The van der Waals surface area contributed by atoms with E-state index in [1.54, 1.807) is 6.07 Å². The molecule has 0 spiro atoms. The average molecular weight is 217 g/mol. The van der Waals surface area contributed by atoms with Crippen LogP contribution in [-0.4, -0.2) is 14.9 Å². The molecule has 1 heterocycles. The van der Waals surface area contributed by atoms with Crippen LogP contribution < -0.4 is 5.32 Å². The molecule has 2 aromatic rings. The molecular formula is C12H15N3O. The lowest BCUT2D eigenvalue weighted by molar-refractivity contribution is 0.469. The first-order valence-corrected chi connectivity index (χ1v) is 5.18. The Labute approximate surface area is 94.5 Å². The largest absolute Gasteiger partial charge is 0.508 e. The van der Waals surface area contributed by atoms with Crippen LogP contribution in [0.4, 0.5) is 5.82 Å². The van der Waals surface area contributed by atoms with Crippen LogP contribution in [0, 0.1) is 6.92 Å². The zero-order valence-electron chi connectivity index (χ0n) is 9.44. The van der Waals surface area contributed by atoms with Gasteiger partial charge in [-0.2, -0.15) is 5.10 Å². The molecule has 2 N–H and O–H groups in total. The number of phenols is 1. The molecule has 0 saturated carbocycles. The second-order valence-electron chi connectivity index (χ2n) is 3.78. The normalized spacial score (nSPS) is 10.4. The summed E-state index contributed by atoms with van der Waals surface area (Å²) in [5.74, 6) is 1.13. The first-order valence-electron chi connectivity index (χ1n) is 5.18. The van der Waals surface area contributed by atoms with Crippen LogP contribution in [0.25, 0.3) is 0 Å². The average Bonchev–Trinajstić information content (AvgIpc) is 2.57. The highest BCUT2D eigenvalue weighted by atomic mass is 16.3. The van der Waals surface area contributed by atoms with Crippen molar-refractivity contribution in [2.24, 2.45) is 7.05 Å². The molecule has 2 rings (SSSR count). The lowest BCUT2D eigenvalue weighted by atomic mass is 10.2. The zero-order chi connectivity index (χ0) is 11.5. The number of aromatic nitrogens is 2. The van der Waals surface area contributed by atoms with Gasteiger partial charge in [-0.25, -0.2) is 0 Å². The van der Waals surface area contributed by atoms with E-state index in [-0.39, 0.29) is 0 Å². The number of nitrogens with zero attached hydrogens (tertiary/aromatic N) is 2. The van der Waals surface area contributed by atoms with Gasteiger partial charge in [0.2, 0.25) is 0 Å². The maximum absolute atomic E-state index is 9.58. The van der Waals surface area contributed by atoms with Crippen molar-refractivity contribution in [1.82, 2.24) is 9.78 Å². The van der Waals surface area contributed by atoms with E-state index in [1.165, 1.54) is 0 Å². The highest BCUT2D eigenvalue weighted by Gasteiger charge is 2.02. The maximum atomic E-state index is 9.58. The number of benzene rings is 1. The summed E-state index contributed by atoms with van der Waals surface area (Å²) in [6, 6.07) is 9.25. The van der Waals surface area contributed by atoms with E-state index in [2.05, 4.69) is 10.4 Å². The summed E-state index contributed by atoms with van der Waals surface area (Å²) in [5.41, 5.74) is 1.96. The van der Waals surface area contributed by atoms with Crippen LogP contribution in [0.3, 0.4) is 0 Å². The zero-order valence-corrected chi connectivity index (χ0v) is 9.44. The molecule has 0 aliphatic carbocycles. The molecular weight excluding hydrogens is 202 g/mol. The third-order valence-corrected chi connectivity index (χ3v) is 2.57. The van der Waals surface area contributed by atoms with Crippen molar-refractivity contribution in [2.75, 3.05) is 5.32 Å². The Bertz CT molecular complexity index is 471. The summed E-state index contributed by atoms with van der Waals surface area (Å²) >= 11 is 0. The van der Waals surface area contributed by atoms with Crippen LogP contribution in [0.15, 0.2) is 30.3 Å². The topological polar surface area (TPSA) is 50.1 Å². The Hall–Kier alpha value is -1.97. The summed E-state index contributed by atoms with van der Waals surface area (Å²) in [6.45, 7) is 2.57. The lowest BCUT2D eigenvalue weighted by Gasteiger charge is -2.04. The predicted molar refractivity (Wildman–Crippen MR) is 63.4 cm³/mol. The fourth-order valence-electron chi connectivity index (χ4n) is 1.49. The minimum Gasteiger partial charge on any atom is -0.508 e. The molecule has 0 bridgehead atoms. The molecule has 1 aromatic heterocycles. The van der Waals surface area contributed by atoms with Crippen LogP contribution in [0.1, 0.15) is 11.3 Å². The van der Waals surface area contributed by atoms with Gasteiger partial charge in [0.15, 0.2) is 0 Å². The molecule has 1 aromatic carbocycles. The molecule has 0 aliphatic rings. The van der Waals surface area contributed by atoms with Crippen molar-refractivity contribution in [1.29, 1.82) is 0 Å². The van der Waals surface area contributed by atoms with Crippen LogP contribution in [-0.2, 0) is 13.6 Å². The molecule has 0 atom stereocenters. The molecule has 0 amide bonds. The van der Waals surface area contributed by atoms with Crippen molar-refractivity contribution in [2.45, 2.75) is 13.5 Å². The van der Waals surface area contributed by atoms with E-state index >= 15 is 0 Å². The molecule has 84 valence electrons. The van der Waals surface area contributed by atoms with Gasteiger partial charge in [0.25, 0.3) is 0 Å². The minimum absolute atomic E-state index is 0.308.